The number of hydrogen-bond acceptors (Lipinski definition) is 3. The highest BCUT2D eigenvalue weighted by molar-refractivity contribution is 5.65. The summed E-state index contributed by atoms with van der Waals surface area (Å²) in [6.45, 7) is 5.39. The quantitative estimate of drug-likeness (QED) is 0.778. The normalized spacial score (nSPS) is 19.5. The van der Waals surface area contributed by atoms with E-state index < -0.39 is 0 Å². The maximum absolute atomic E-state index is 5.97. The zero-order valence-electron chi connectivity index (χ0n) is 10.2. The van der Waals surface area contributed by atoms with E-state index in [0.29, 0.717) is 12.0 Å². The van der Waals surface area contributed by atoms with Crippen LogP contribution in [0.2, 0.25) is 0 Å². The number of benzene rings is 1. The predicted molar refractivity (Wildman–Crippen MR) is 68.0 cm³/mol. The molecule has 1 atom stereocenters. The summed E-state index contributed by atoms with van der Waals surface area (Å²) in [7, 11) is 2.09. The molecule has 1 aromatic rings. The Balaban J connectivity index is 2.20. The van der Waals surface area contributed by atoms with Crippen LogP contribution in [0.5, 0.6) is 5.75 Å². The molecule has 0 saturated heterocycles. The molecule has 16 heavy (non-hydrogen) atoms. The zero-order chi connectivity index (χ0) is 11.7. The van der Waals surface area contributed by atoms with Crippen LogP contribution in [-0.4, -0.2) is 19.7 Å². The van der Waals surface area contributed by atoms with E-state index in [9.17, 15) is 0 Å². The van der Waals surface area contributed by atoms with E-state index in [1.165, 1.54) is 0 Å². The summed E-state index contributed by atoms with van der Waals surface area (Å²) < 4.78 is 5.97. The van der Waals surface area contributed by atoms with Crippen molar-refractivity contribution >= 4 is 11.4 Å². The molecule has 1 heterocycles. The Morgan fingerprint density at radius 2 is 2.25 bits per heavy atom. The molecule has 3 nitrogen and oxygen atoms in total. The molecule has 0 aromatic heterocycles. The SMILES string of the molecule is CC(C)CC1CN(C)c2cc(N)ccc2O1. The first-order valence-electron chi connectivity index (χ1n) is 5.83. The van der Waals surface area contributed by atoms with E-state index >= 15 is 0 Å². The third-order valence-corrected chi connectivity index (χ3v) is 2.90. The lowest BCUT2D eigenvalue weighted by Gasteiger charge is -2.34. The molecule has 1 unspecified atom stereocenters. The van der Waals surface area contributed by atoms with E-state index in [1.807, 2.05) is 18.2 Å². The van der Waals surface area contributed by atoms with Crippen LogP contribution in [0.25, 0.3) is 0 Å². The summed E-state index contributed by atoms with van der Waals surface area (Å²) in [5, 5.41) is 0. The molecule has 0 spiro atoms. The van der Waals surface area contributed by atoms with Crippen molar-refractivity contribution in [3.05, 3.63) is 18.2 Å². The van der Waals surface area contributed by atoms with Crippen molar-refractivity contribution in [1.29, 1.82) is 0 Å². The van der Waals surface area contributed by atoms with E-state index in [1.54, 1.807) is 0 Å². The number of rotatable bonds is 2. The number of hydrogen-bond donors (Lipinski definition) is 1. The molecule has 2 N–H and O–H groups in total. The smallest absolute Gasteiger partial charge is 0.143 e. The van der Waals surface area contributed by atoms with Gasteiger partial charge in [-0.25, -0.2) is 0 Å². The minimum atomic E-state index is 0.293. The number of nitrogens with zero attached hydrogens (tertiary/aromatic N) is 1. The van der Waals surface area contributed by atoms with Gasteiger partial charge in [0.2, 0.25) is 0 Å². The zero-order valence-corrected chi connectivity index (χ0v) is 10.2. The standard InChI is InChI=1S/C13H20N2O/c1-9(2)6-11-8-15(3)12-7-10(14)4-5-13(12)16-11/h4-5,7,9,11H,6,8,14H2,1-3H3. The fraction of sp³-hybridized carbons (Fsp3) is 0.538. The minimum absolute atomic E-state index is 0.293. The maximum atomic E-state index is 5.97. The van der Waals surface area contributed by atoms with Gasteiger partial charge in [-0.1, -0.05) is 13.8 Å². The number of nitrogen functional groups attached to an aromatic ring is 1. The van der Waals surface area contributed by atoms with Crippen molar-refractivity contribution in [1.82, 2.24) is 0 Å². The Hall–Kier alpha value is -1.38. The van der Waals surface area contributed by atoms with E-state index in [-0.39, 0.29) is 0 Å². The Morgan fingerprint density at radius 1 is 1.50 bits per heavy atom. The third kappa shape index (κ3) is 2.23. The van der Waals surface area contributed by atoms with Gasteiger partial charge in [0.25, 0.3) is 0 Å². The van der Waals surface area contributed by atoms with E-state index in [0.717, 1.165) is 30.1 Å². The van der Waals surface area contributed by atoms with Crippen LogP contribution in [0.1, 0.15) is 20.3 Å². The van der Waals surface area contributed by atoms with Gasteiger partial charge in [0.1, 0.15) is 11.9 Å². The molecule has 2 rings (SSSR count). The summed E-state index contributed by atoms with van der Waals surface area (Å²) in [6, 6.07) is 5.83. The lowest BCUT2D eigenvalue weighted by molar-refractivity contribution is 0.170. The average Bonchev–Trinajstić information content (AvgIpc) is 2.18. The molecular weight excluding hydrogens is 200 g/mol. The number of nitrogens with two attached hydrogens (primary N) is 1. The largest absolute Gasteiger partial charge is 0.486 e. The van der Waals surface area contributed by atoms with Gasteiger partial charge in [0.05, 0.1) is 12.2 Å². The Kier molecular flexibility index (Phi) is 2.95. The first kappa shape index (κ1) is 11.1. The minimum Gasteiger partial charge on any atom is -0.486 e. The molecule has 0 saturated carbocycles. The molecule has 0 bridgehead atoms. The van der Waals surface area contributed by atoms with Gasteiger partial charge >= 0.3 is 0 Å². The lowest BCUT2D eigenvalue weighted by atomic mass is 10.0. The van der Waals surface area contributed by atoms with Crippen molar-refractivity contribution in [2.75, 3.05) is 24.2 Å². The van der Waals surface area contributed by atoms with Gasteiger partial charge in [-0.05, 0) is 30.5 Å². The Bertz CT molecular complexity index is 376. The fourth-order valence-electron chi connectivity index (χ4n) is 2.20. The first-order valence-corrected chi connectivity index (χ1v) is 5.83. The highest BCUT2D eigenvalue weighted by atomic mass is 16.5. The summed E-state index contributed by atoms with van der Waals surface area (Å²) >= 11 is 0. The van der Waals surface area contributed by atoms with Crippen LogP contribution in [0, 0.1) is 5.92 Å². The number of fused-ring (bicyclic) bond motifs is 1. The van der Waals surface area contributed by atoms with Crippen LogP contribution in [0.15, 0.2) is 18.2 Å². The second-order valence-corrected chi connectivity index (χ2v) is 4.98. The van der Waals surface area contributed by atoms with Gasteiger partial charge < -0.3 is 15.4 Å². The number of ether oxygens (including phenoxy) is 1. The topological polar surface area (TPSA) is 38.5 Å². The maximum Gasteiger partial charge on any atom is 0.143 e. The van der Waals surface area contributed by atoms with Crippen molar-refractivity contribution in [3.8, 4) is 5.75 Å². The summed E-state index contributed by atoms with van der Waals surface area (Å²) in [5.74, 6) is 1.61. The van der Waals surface area contributed by atoms with Gasteiger partial charge in [-0.2, -0.15) is 0 Å². The monoisotopic (exact) mass is 220 g/mol. The van der Waals surface area contributed by atoms with E-state index in [2.05, 4.69) is 25.8 Å². The van der Waals surface area contributed by atoms with Crippen molar-refractivity contribution in [2.24, 2.45) is 5.92 Å². The lowest BCUT2D eigenvalue weighted by Crippen LogP contribution is -2.38. The second-order valence-electron chi connectivity index (χ2n) is 4.98. The molecule has 0 radical (unpaired) electrons. The van der Waals surface area contributed by atoms with Gasteiger partial charge in [-0.15, -0.1) is 0 Å². The molecular formula is C13H20N2O. The Labute approximate surface area is 97.2 Å². The third-order valence-electron chi connectivity index (χ3n) is 2.90. The van der Waals surface area contributed by atoms with Gasteiger partial charge in [0.15, 0.2) is 0 Å². The van der Waals surface area contributed by atoms with Crippen LogP contribution in [0.4, 0.5) is 11.4 Å². The summed E-state index contributed by atoms with van der Waals surface area (Å²) in [6.07, 6.45) is 1.38. The predicted octanol–water partition coefficient (Wildman–Crippen LogP) is 2.51. The highest BCUT2D eigenvalue weighted by Gasteiger charge is 2.23. The van der Waals surface area contributed by atoms with Gasteiger partial charge in [0, 0.05) is 12.7 Å². The van der Waals surface area contributed by atoms with Crippen molar-refractivity contribution in [2.45, 2.75) is 26.4 Å². The highest BCUT2D eigenvalue weighted by Crippen LogP contribution is 2.35. The second kappa shape index (κ2) is 4.24. The first-order chi connectivity index (χ1) is 7.56. The summed E-state index contributed by atoms with van der Waals surface area (Å²) in [4.78, 5) is 2.22. The molecule has 88 valence electrons. The molecule has 0 fully saturated rings. The molecule has 1 aromatic carbocycles. The number of anilines is 2. The average molecular weight is 220 g/mol. The van der Waals surface area contributed by atoms with Crippen LogP contribution >= 0.6 is 0 Å². The molecule has 1 aliphatic heterocycles. The van der Waals surface area contributed by atoms with E-state index in [4.69, 9.17) is 10.5 Å². The molecule has 1 aliphatic rings. The Morgan fingerprint density at radius 3 is 2.94 bits per heavy atom. The molecule has 0 aliphatic carbocycles. The van der Waals surface area contributed by atoms with Crippen LogP contribution in [-0.2, 0) is 0 Å². The molecule has 0 amide bonds. The summed E-state index contributed by atoms with van der Waals surface area (Å²) in [5.41, 5.74) is 7.66. The fourth-order valence-corrected chi connectivity index (χ4v) is 2.20. The van der Waals surface area contributed by atoms with Crippen LogP contribution < -0.4 is 15.4 Å². The van der Waals surface area contributed by atoms with Crippen LogP contribution in [0.3, 0.4) is 0 Å². The van der Waals surface area contributed by atoms with Crippen molar-refractivity contribution < 1.29 is 4.74 Å². The van der Waals surface area contributed by atoms with Gasteiger partial charge in [-0.3, -0.25) is 0 Å². The molecule has 3 heteroatoms. The van der Waals surface area contributed by atoms with Crippen molar-refractivity contribution in [3.63, 3.8) is 0 Å². The number of likely N-dealkylation sites (N-methyl/N-ethyl adjacent to an activating group) is 1.